The first-order valence-electron chi connectivity index (χ1n) is 11.3. The molecule has 2 aromatic carbocycles. The van der Waals surface area contributed by atoms with E-state index in [0.717, 1.165) is 28.6 Å². The van der Waals surface area contributed by atoms with E-state index >= 15 is 0 Å². The van der Waals surface area contributed by atoms with Crippen molar-refractivity contribution in [2.45, 2.75) is 18.6 Å². The number of pyridine rings is 1. The number of fused-ring (bicyclic) bond motifs is 1. The van der Waals surface area contributed by atoms with Crippen LogP contribution in [0.2, 0.25) is 0 Å². The van der Waals surface area contributed by atoms with Crippen LogP contribution in [0.3, 0.4) is 0 Å². The van der Waals surface area contributed by atoms with Gasteiger partial charge in [-0.2, -0.15) is 13.2 Å². The minimum atomic E-state index is -4.42. The van der Waals surface area contributed by atoms with Crippen molar-refractivity contribution in [2.75, 3.05) is 37.7 Å². The molecule has 2 aliphatic rings. The van der Waals surface area contributed by atoms with Gasteiger partial charge in [-0.25, -0.2) is 14.7 Å². The summed E-state index contributed by atoms with van der Waals surface area (Å²) in [6, 6.07) is 15.5. The Kier molecular flexibility index (Phi) is 5.63. The number of nitrogens with one attached hydrogen (secondary N) is 1. The van der Waals surface area contributed by atoms with Crippen molar-refractivity contribution in [1.29, 1.82) is 0 Å². The van der Waals surface area contributed by atoms with Crippen LogP contribution in [-0.2, 0) is 16.5 Å². The molecular weight excluding hydrogens is 459 g/mol. The van der Waals surface area contributed by atoms with Crippen LogP contribution in [0.4, 0.5) is 23.8 Å². The summed E-state index contributed by atoms with van der Waals surface area (Å²) in [5.41, 5.74) is -1.23. The Balaban J connectivity index is 1.24. The van der Waals surface area contributed by atoms with E-state index in [2.05, 4.69) is 10.3 Å². The molecule has 35 heavy (non-hydrogen) atoms. The number of rotatable bonds is 4. The Labute approximate surface area is 200 Å². The van der Waals surface area contributed by atoms with E-state index in [4.69, 9.17) is 0 Å². The predicted octanol–water partition coefficient (Wildman–Crippen LogP) is 3.80. The molecule has 2 aliphatic heterocycles. The lowest BCUT2D eigenvalue weighted by molar-refractivity contribution is -0.137. The summed E-state index contributed by atoms with van der Waals surface area (Å²) >= 11 is 0. The zero-order valence-electron chi connectivity index (χ0n) is 19.0. The summed E-state index contributed by atoms with van der Waals surface area (Å²) in [6.45, 7) is 3.96. The van der Waals surface area contributed by atoms with E-state index < -0.39 is 23.3 Å². The molecule has 1 aromatic heterocycles. The molecule has 0 spiro atoms. The van der Waals surface area contributed by atoms with Gasteiger partial charge in [0.1, 0.15) is 11.4 Å². The smallest absolute Gasteiger partial charge is 0.354 e. The highest BCUT2D eigenvalue weighted by molar-refractivity contribution is 6.07. The quantitative estimate of drug-likeness (QED) is 0.572. The van der Waals surface area contributed by atoms with Gasteiger partial charge in [0, 0.05) is 32.4 Å². The maximum Gasteiger partial charge on any atom is 0.417 e. The van der Waals surface area contributed by atoms with Crippen LogP contribution in [0.5, 0.6) is 0 Å². The van der Waals surface area contributed by atoms with Crippen molar-refractivity contribution < 1.29 is 22.8 Å². The number of imide groups is 1. The monoisotopic (exact) mass is 483 g/mol. The normalized spacial score (nSPS) is 21.6. The average molecular weight is 483 g/mol. The van der Waals surface area contributed by atoms with Crippen molar-refractivity contribution in [2.24, 2.45) is 0 Å². The van der Waals surface area contributed by atoms with Gasteiger partial charge in [-0.15, -0.1) is 0 Å². The second kappa shape index (κ2) is 8.53. The molecule has 5 rings (SSSR count). The number of hydrogen-bond acceptors (Lipinski definition) is 5. The van der Waals surface area contributed by atoms with E-state index in [-0.39, 0.29) is 12.6 Å². The lowest BCUT2D eigenvalue weighted by atomic mass is 9.90. The van der Waals surface area contributed by atoms with Gasteiger partial charge in [0.05, 0.1) is 12.2 Å². The number of benzene rings is 2. The van der Waals surface area contributed by atoms with Crippen LogP contribution in [-0.4, -0.2) is 59.6 Å². The molecule has 182 valence electrons. The lowest BCUT2D eigenvalue weighted by Crippen LogP contribution is -2.51. The number of urea groups is 1. The topological polar surface area (TPSA) is 68.8 Å². The summed E-state index contributed by atoms with van der Waals surface area (Å²) < 4.78 is 38.3. The molecule has 3 aromatic rings. The first-order valence-corrected chi connectivity index (χ1v) is 11.3. The summed E-state index contributed by atoms with van der Waals surface area (Å²) in [5.74, 6) is 0.154. The first-order chi connectivity index (χ1) is 16.6. The molecule has 7 nitrogen and oxygen atoms in total. The Hall–Kier alpha value is -3.66. The number of aromatic nitrogens is 1. The van der Waals surface area contributed by atoms with Crippen molar-refractivity contribution in [3.05, 3.63) is 71.9 Å². The molecule has 3 heterocycles. The molecule has 0 radical (unpaired) electrons. The number of carbonyl (C=O) groups is 2. The van der Waals surface area contributed by atoms with Crippen LogP contribution in [0.1, 0.15) is 18.1 Å². The number of amides is 3. The fourth-order valence-electron chi connectivity index (χ4n) is 4.58. The van der Waals surface area contributed by atoms with Crippen molar-refractivity contribution in [3.63, 3.8) is 0 Å². The van der Waals surface area contributed by atoms with Crippen LogP contribution in [0, 0.1) is 0 Å². The van der Waals surface area contributed by atoms with E-state index in [0.29, 0.717) is 32.0 Å². The van der Waals surface area contributed by atoms with Crippen molar-refractivity contribution in [3.8, 4) is 0 Å². The highest BCUT2D eigenvalue weighted by Gasteiger charge is 2.49. The number of nitrogens with zero attached hydrogens (tertiary/aromatic N) is 4. The predicted molar refractivity (Wildman–Crippen MR) is 125 cm³/mol. The molecule has 0 aliphatic carbocycles. The van der Waals surface area contributed by atoms with Gasteiger partial charge < -0.3 is 10.2 Å². The number of piperazine rings is 1. The first kappa shape index (κ1) is 23.1. The zero-order chi connectivity index (χ0) is 24.8. The number of anilines is 1. The molecule has 2 saturated heterocycles. The second-order valence-electron chi connectivity index (χ2n) is 9.00. The third kappa shape index (κ3) is 4.29. The van der Waals surface area contributed by atoms with Crippen molar-refractivity contribution >= 4 is 28.5 Å². The van der Waals surface area contributed by atoms with Crippen LogP contribution in [0.25, 0.3) is 10.8 Å². The highest BCUT2D eigenvalue weighted by Crippen LogP contribution is 2.32. The second-order valence-corrected chi connectivity index (χ2v) is 9.00. The van der Waals surface area contributed by atoms with Gasteiger partial charge >= 0.3 is 12.2 Å². The molecule has 2 fully saturated rings. The third-order valence-electron chi connectivity index (χ3n) is 6.71. The minimum Gasteiger partial charge on any atom is -0.354 e. The largest absolute Gasteiger partial charge is 0.417 e. The molecule has 0 unspecified atom stereocenters. The fourth-order valence-corrected chi connectivity index (χ4v) is 4.58. The molecule has 1 atom stereocenters. The summed E-state index contributed by atoms with van der Waals surface area (Å²) in [4.78, 5) is 35.2. The third-order valence-corrected chi connectivity index (χ3v) is 6.71. The van der Waals surface area contributed by atoms with Gasteiger partial charge in [-0.1, -0.05) is 36.4 Å². The minimum absolute atomic E-state index is 0.141. The number of carbonyl (C=O) groups excluding carboxylic acids is 2. The van der Waals surface area contributed by atoms with E-state index in [1.807, 2.05) is 52.3 Å². The Morgan fingerprint density at radius 2 is 1.69 bits per heavy atom. The molecule has 0 bridgehead atoms. The summed E-state index contributed by atoms with van der Waals surface area (Å²) in [5, 5.41) is 4.89. The molecular formula is C25H24F3N5O2. The Bertz CT molecular complexity index is 1270. The Morgan fingerprint density at radius 3 is 2.34 bits per heavy atom. The van der Waals surface area contributed by atoms with Crippen LogP contribution >= 0.6 is 0 Å². The summed E-state index contributed by atoms with van der Waals surface area (Å²) in [7, 11) is 0. The zero-order valence-corrected chi connectivity index (χ0v) is 19.0. The van der Waals surface area contributed by atoms with Gasteiger partial charge in [0.2, 0.25) is 0 Å². The number of hydrogen-bond donors (Lipinski definition) is 1. The molecule has 0 saturated carbocycles. The van der Waals surface area contributed by atoms with E-state index in [1.54, 1.807) is 6.92 Å². The maximum atomic E-state index is 13.4. The van der Waals surface area contributed by atoms with Gasteiger partial charge in [-0.05, 0) is 41.5 Å². The summed E-state index contributed by atoms with van der Waals surface area (Å²) in [6.07, 6.45) is -3.59. The number of halogens is 3. The highest BCUT2D eigenvalue weighted by atomic mass is 19.4. The average Bonchev–Trinajstić information content (AvgIpc) is 3.07. The lowest BCUT2D eigenvalue weighted by Gasteiger charge is -2.36. The standard InChI is InChI=1S/C25H24F3N5O2/c1-24(19-7-6-17-4-2-3-5-18(17)14-19)22(34)33(23(35)30-24)16-31-10-12-32(13-11-31)21-9-8-20(15-29-21)25(26,27)28/h2-9,14-15H,10-13,16H2,1H3,(H,30,35)/t24-/m1/s1. The van der Waals surface area contributed by atoms with E-state index in [1.165, 1.54) is 11.0 Å². The molecule has 10 heteroatoms. The SMILES string of the molecule is C[C@]1(c2ccc3ccccc3c2)NC(=O)N(CN2CCN(c3ccc(C(F)(F)F)cn3)CC2)C1=O. The van der Waals surface area contributed by atoms with Crippen LogP contribution < -0.4 is 10.2 Å². The molecule has 3 amide bonds. The van der Waals surface area contributed by atoms with E-state index in [9.17, 15) is 22.8 Å². The van der Waals surface area contributed by atoms with Crippen LogP contribution in [0.15, 0.2) is 60.8 Å². The Morgan fingerprint density at radius 1 is 0.971 bits per heavy atom. The van der Waals surface area contributed by atoms with Crippen molar-refractivity contribution in [1.82, 2.24) is 20.1 Å². The van der Waals surface area contributed by atoms with Gasteiger partial charge in [-0.3, -0.25) is 9.69 Å². The molecule has 1 N–H and O–H groups in total. The number of alkyl halides is 3. The maximum absolute atomic E-state index is 13.4. The van der Waals surface area contributed by atoms with Gasteiger partial charge in [0.15, 0.2) is 0 Å². The fraction of sp³-hybridized carbons (Fsp3) is 0.320. The van der Waals surface area contributed by atoms with Gasteiger partial charge in [0.25, 0.3) is 5.91 Å².